The van der Waals surface area contributed by atoms with E-state index in [0.29, 0.717) is 54.8 Å². The third kappa shape index (κ3) is 4.33. The van der Waals surface area contributed by atoms with Crippen LogP contribution in [0.1, 0.15) is 18.9 Å². The molecular weight excluding hydrogens is 439 g/mol. The van der Waals surface area contributed by atoms with E-state index in [0.717, 1.165) is 0 Å². The van der Waals surface area contributed by atoms with Crippen molar-refractivity contribution in [1.82, 2.24) is 4.90 Å². The second-order valence-electron chi connectivity index (χ2n) is 7.47. The van der Waals surface area contributed by atoms with Gasteiger partial charge >= 0.3 is 6.18 Å². The summed E-state index contributed by atoms with van der Waals surface area (Å²) in [5, 5.41) is 0. The molecule has 3 nitrogen and oxygen atoms in total. The van der Waals surface area contributed by atoms with Crippen LogP contribution in [0.3, 0.4) is 0 Å². The number of thioether (sulfide) groups is 1. The first-order valence-corrected chi connectivity index (χ1v) is 10.5. The maximum Gasteiger partial charge on any atom is 0.398 e. The number of halogens is 6. The molecule has 2 fully saturated rings. The highest BCUT2D eigenvalue weighted by Crippen LogP contribution is 2.64. The highest BCUT2D eigenvalue weighted by Gasteiger charge is 2.68. The molecule has 1 heterocycles. The number of anilines is 1. The van der Waals surface area contributed by atoms with Crippen LogP contribution in [0.5, 0.6) is 0 Å². The average molecular weight is 459 g/mol. The maximum atomic E-state index is 14.5. The van der Waals surface area contributed by atoms with Gasteiger partial charge in [-0.15, -0.1) is 35.0 Å². The smallest absolute Gasteiger partial charge is 0.366 e. The molecule has 10 heteroatoms. The van der Waals surface area contributed by atoms with E-state index in [-0.39, 0.29) is 11.6 Å². The minimum Gasteiger partial charge on any atom is -0.366 e. The quantitative estimate of drug-likeness (QED) is 0.359. The number of amides is 1. The molecule has 0 aromatic heterocycles. The number of aryl methyl sites for hydroxylation is 1. The molecule has 28 heavy (non-hydrogen) atoms. The summed E-state index contributed by atoms with van der Waals surface area (Å²) in [6.07, 6.45) is -3.90. The van der Waals surface area contributed by atoms with Crippen LogP contribution >= 0.6 is 35.0 Å². The molecule has 1 aliphatic heterocycles. The Bertz CT molecular complexity index is 782. The molecule has 0 spiro atoms. The van der Waals surface area contributed by atoms with Crippen LogP contribution in [0.25, 0.3) is 0 Å². The van der Waals surface area contributed by atoms with Crippen LogP contribution in [0.4, 0.5) is 23.2 Å². The SMILES string of the molecule is Cc1cc(F)c(N2CCN(C(=O)C3(C)CC3(Cl)Cl)CC2)cc1SCC(F)(F)F. The number of alkyl halides is 5. The fourth-order valence-corrected chi connectivity index (χ4v) is 4.83. The highest BCUT2D eigenvalue weighted by molar-refractivity contribution is 7.99. The van der Waals surface area contributed by atoms with Crippen molar-refractivity contribution in [2.24, 2.45) is 5.41 Å². The summed E-state index contributed by atoms with van der Waals surface area (Å²) in [6.45, 7) is 4.81. The molecule has 0 bridgehead atoms. The molecular formula is C18H20Cl2F4N2OS. The van der Waals surface area contributed by atoms with Gasteiger partial charge in [-0.05, 0) is 38.0 Å². The highest BCUT2D eigenvalue weighted by atomic mass is 35.5. The standard InChI is InChI=1S/C18H20Cl2F4N2OS/c1-11-7-12(21)13(8-14(11)28-10-18(22,23)24)25-3-5-26(6-4-25)15(27)16(2)9-17(16,19)20/h7-8H,3-6,9-10H2,1-2H3. The zero-order chi connectivity index (χ0) is 20.9. The molecule has 0 N–H and O–H groups in total. The summed E-state index contributed by atoms with van der Waals surface area (Å²) >= 11 is 12.8. The number of nitrogens with zero attached hydrogens (tertiary/aromatic N) is 2. The third-order valence-electron chi connectivity index (χ3n) is 5.27. The molecule has 0 radical (unpaired) electrons. The number of benzene rings is 1. The summed E-state index contributed by atoms with van der Waals surface area (Å²) in [4.78, 5) is 16.4. The lowest BCUT2D eigenvalue weighted by atomic mass is 10.1. The van der Waals surface area contributed by atoms with Crippen molar-refractivity contribution in [3.63, 3.8) is 0 Å². The fourth-order valence-electron chi connectivity index (χ4n) is 3.33. The zero-order valence-electron chi connectivity index (χ0n) is 15.4. The van der Waals surface area contributed by atoms with Gasteiger partial charge in [0, 0.05) is 31.1 Å². The Kier molecular flexibility index (Phi) is 5.80. The second-order valence-corrected chi connectivity index (χ2v) is 9.97. The van der Waals surface area contributed by atoms with Gasteiger partial charge in [-0.2, -0.15) is 13.2 Å². The van der Waals surface area contributed by atoms with E-state index >= 15 is 0 Å². The number of carbonyl (C=O) groups is 1. The number of rotatable bonds is 4. The van der Waals surface area contributed by atoms with E-state index in [1.54, 1.807) is 23.6 Å². The first-order chi connectivity index (χ1) is 12.8. The largest absolute Gasteiger partial charge is 0.398 e. The van der Waals surface area contributed by atoms with Crippen molar-refractivity contribution in [2.45, 2.75) is 35.7 Å². The normalized spacial score (nSPS) is 24.4. The molecule has 1 aromatic rings. The van der Waals surface area contributed by atoms with Gasteiger partial charge in [0.2, 0.25) is 5.91 Å². The van der Waals surface area contributed by atoms with E-state index in [1.807, 2.05) is 0 Å². The first kappa shape index (κ1) is 21.8. The molecule has 1 aliphatic carbocycles. The molecule has 3 rings (SSSR count). The monoisotopic (exact) mass is 458 g/mol. The summed E-state index contributed by atoms with van der Waals surface area (Å²) in [5.74, 6) is -1.63. The lowest BCUT2D eigenvalue weighted by molar-refractivity contribution is -0.136. The van der Waals surface area contributed by atoms with Gasteiger partial charge in [-0.1, -0.05) is 0 Å². The lowest BCUT2D eigenvalue weighted by Gasteiger charge is -2.37. The van der Waals surface area contributed by atoms with Gasteiger partial charge in [0.05, 0.1) is 16.9 Å². The number of hydrogen-bond donors (Lipinski definition) is 0. The maximum absolute atomic E-state index is 14.5. The molecule has 1 saturated heterocycles. The first-order valence-electron chi connectivity index (χ1n) is 8.76. The van der Waals surface area contributed by atoms with E-state index in [4.69, 9.17) is 23.2 Å². The number of hydrogen-bond acceptors (Lipinski definition) is 3. The second kappa shape index (κ2) is 7.43. The van der Waals surface area contributed by atoms with Crippen molar-refractivity contribution in [2.75, 3.05) is 36.8 Å². The molecule has 1 amide bonds. The van der Waals surface area contributed by atoms with Crippen molar-refractivity contribution in [3.05, 3.63) is 23.5 Å². The van der Waals surface area contributed by atoms with E-state index in [9.17, 15) is 22.4 Å². The number of piperazine rings is 1. The van der Waals surface area contributed by atoms with E-state index in [2.05, 4.69) is 0 Å². The minimum absolute atomic E-state index is 0.122. The lowest BCUT2D eigenvalue weighted by Crippen LogP contribution is -2.51. The van der Waals surface area contributed by atoms with Crippen molar-refractivity contribution < 1.29 is 22.4 Å². The number of carbonyl (C=O) groups excluding carboxylic acids is 1. The Morgan fingerprint density at radius 3 is 2.29 bits per heavy atom. The Hall–Kier alpha value is -0.860. The fraction of sp³-hybridized carbons (Fsp3) is 0.611. The molecule has 1 atom stereocenters. The van der Waals surface area contributed by atoms with Crippen molar-refractivity contribution >= 4 is 46.6 Å². The summed E-state index contributed by atoms with van der Waals surface area (Å²) in [5.41, 5.74) is -0.0787. The van der Waals surface area contributed by atoms with Crippen LogP contribution in [0, 0.1) is 18.2 Å². The summed E-state index contributed by atoms with van der Waals surface area (Å²) < 4.78 is 51.0. The van der Waals surface area contributed by atoms with Gasteiger partial charge in [0.1, 0.15) is 10.2 Å². The Balaban J connectivity index is 1.68. The summed E-state index contributed by atoms with van der Waals surface area (Å²) in [6, 6.07) is 2.72. The molecule has 156 valence electrons. The molecule has 1 aromatic carbocycles. The van der Waals surface area contributed by atoms with Gasteiger partial charge in [-0.25, -0.2) is 4.39 Å². The summed E-state index contributed by atoms with van der Waals surface area (Å²) in [7, 11) is 0. The third-order valence-corrected chi connectivity index (χ3v) is 7.60. The van der Waals surface area contributed by atoms with Crippen molar-refractivity contribution in [1.29, 1.82) is 0 Å². The predicted octanol–water partition coefficient (Wildman–Crippen LogP) is 5.02. The predicted molar refractivity (Wildman–Crippen MR) is 104 cm³/mol. The van der Waals surface area contributed by atoms with Gasteiger partial charge < -0.3 is 9.80 Å². The topological polar surface area (TPSA) is 23.6 Å². The van der Waals surface area contributed by atoms with Crippen LogP contribution in [-0.2, 0) is 4.79 Å². The molecule has 2 aliphatic rings. The Morgan fingerprint density at radius 2 is 1.79 bits per heavy atom. The molecule has 1 unspecified atom stereocenters. The van der Waals surface area contributed by atoms with Crippen LogP contribution in [-0.4, -0.2) is 53.2 Å². The average Bonchev–Trinajstić information content (AvgIpc) is 3.12. The van der Waals surface area contributed by atoms with E-state index in [1.165, 1.54) is 12.1 Å². The van der Waals surface area contributed by atoms with Crippen LogP contribution in [0.2, 0.25) is 0 Å². The van der Waals surface area contributed by atoms with Gasteiger partial charge in [0.25, 0.3) is 0 Å². The van der Waals surface area contributed by atoms with Crippen LogP contribution in [0.15, 0.2) is 17.0 Å². The van der Waals surface area contributed by atoms with Gasteiger partial charge in [0.15, 0.2) is 0 Å². The van der Waals surface area contributed by atoms with Crippen LogP contribution < -0.4 is 4.90 Å². The molecule has 1 saturated carbocycles. The van der Waals surface area contributed by atoms with Gasteiger partial charge in [-0.3, -0.25) is 4.79 Å². The van der Waals surface area contributed by atoms with E-state index < -0.39 is 27.5 Å². The Labute approximate surface area is 175 Å². The minimum atomic E-state index is -4.30. The Morgan fingerprint density at radius 1 is 1.21 bits per heavy atom. The van der Waals surface area contributed by atoms with Crippen molar-refractivity contribution in [3.8, 4) is 0 Å². The zero-order valence-corrected chi connectivity index (χ0v) is 17.7.